The lowest BCUT2D eigenvalue weighted by Gasteiger charge is -2.31. The number of nitrogens with one attached hydrogen (secondary N) is 1. The molecule has 0 bridgehead atoms. The van der Waals surface area contributed by atoms with E-state index in [1.54, 1.807) is 18.3 Å². The molecule has 0 aliphatic carbocycles. The molecule has 0 spiro atoms. The number of nitrogens with zero attached hydrogens (tertiary/aromatic N) is 6. The van der Waals surface area contributed by atoms with Crippen LogP contribution in [0.1, 0.15) is 55.4 Å². The van der Waals surface area contributed by atoms with E-state index in [1.165, 1.54) is 19.3 Å². The van der Waals surface area contributed by atoms with Crippen LogP contribution in [-0.4, -0.2) is 49.0 Å². The van der Waals surface area contributed by atoms with E-state index in [0.717, 1.165) is 62.3 Å². The van der Waals surface area contributed by atoms with Gasteiger partial charge in [-0.05, 0) is 49.6 Å². The summed E-state index contributed by atoms with van der Waals surface area (Å²) in [5.41, 5.74) is 0.622. The number of hydrogen-bond acceptors (Lipinski definition) is 8. The van der Waals surface area contributed by atoms with Crippen LogP contribution < -0.4 is 10.2 Å². The molecule has 9 nitrogen and oxygen atoms in total. The van der Waals surface area contributed by atoms with E-state index in [4.69, 9.17) is 0 Å². The molecule has 1 N–H and O–H groups in total. The second-order valence-corrected chi connectivity index (χ2v) is 8.85. The van der Waals surface area contributed by atoms with Crippen molar-refractivity contribution in [3.05, 3.63) is 34.5 Å². The molecule has 5 heterocycles. The molecular weight excluding hydrogens is 402 g/mol. The monoisotopic (exact) mass is 425 g/mol. The Labute approximate surface area is 178 Å². The third-order valence-electron chi connectivity index (χ3n) is 5.87. The van der Waals surface area contributed by atoms with E-state index >= 15 is 0 Å². The van der Waals surface area contributed by atoms with E-state index in [9.17, 15) is 9.59 Å². The summed E-state index contributed by atoms with van der Waals surface area (Å²) in [6, 6.07) is 1.74. The Kier molecular flexibility index (Phi) is 5.24. The number of aryl methyl sites for hydroxylation is 1. The number of amides is 2. The Morgan fingerprint density at radius 1 is 1.10 bits per heavy atom. The quantitative estimate of drug-likeness (QED) is 0.748. The van der Waals surface area contributed by atoms with Crippen molar-refractivity contribution in [3.63, 3.8) is 0 Å². The van der Waals surface area contributed by atoms with Crippen LogP contribution in [0.2, 0.25) is 0 Å². The van der Waals surface area contributed by atoms with E-state index < -0.39 is 0 Å². The lowest BCUT2D eigenvalue weighted by atomic mass is 9.96. The van der Waals surface area contributed by atoms with Gasteiger partial charge >= 0.3 is 0 Å². The molecular formula is C20H23N7O2S. The van der Waals surface area contributed by atoms with Crippen molar-refractivity contribution in [2.24, 2.45) is 0 Å². The smallest absolute Gasteiger partial charge is 0.290 e. The maximum absolute atomic E-state index is 11.8. The summed E-state index contributed by atoms with van der Waals surface area (Å²) in [5, 5.41) is 10.9. The molecule has 156 valence electrons. The Morgan fingerprint density at radius 2 is 1.97 bits per heavy atom. The van der Waals surface area contributed by atoms with Crippen molar-refractivity contribution in [2.45, 2.75) is 51.0 Å². The van der Waals surface area contributed by atoms with E-state index in [1.807, 2.05) is 0 Å². The second kappa shape index (κ2) is 8.17. The zero-order valence-electron chi connectivity index (χ0n) is 16.6. The van der Waals surface area contributed by atoms with Gasteiger partial charge in [0.25, 0.3) is 11.1 Å². The topological polar surface area (TPSA) is 106 Å². The number of piperidine rings is 1. The fourth-order valence-corrected chi connectivity index (χ4v) is 4.96. The molecule has 2 amide bonds. The Balaban J connectivity index is 1.27. The largest absolute Gasteiger partial charge is 0.341 e. The predicted octanol–water partition coefficient (Wildman–Crippen LogP) is 2.50. The number of imide groups is 1. The summed E-state index contributed by atoms with van der Waals surface area (Å²) < 4.78 is 2.35. The number of anilines is 1. The molecule has 3 aliphatic heterocycles. The third kappa shape index (κ3) is 3.83. The normalized spacial score (nSPS) is 21.6. The molecule has 5 rings (SSSR count). The molecule has 0 radical (unpaired) electrons. The summed E-state index contributed by atoms with van der Waals surface area (Å²) in [6.07, 6.45) is 10.00. The Morgan fingerprint density at radius 3 is 2.77 bits per heavy atom. The van der Waals surface area contributed by atoms with Crippen molar-refractivity contribution in [3.8, 4) is 0 Å². The summed E-state index contributed by atoms with van der Waals surface area (Å²) in [7, 11) is 0. The second-order valence-electron chi connectivity index (χ2n) is 7.83. The zero-order valence-corrected chi connectivity index (χ0v) is 17.4. The maximum atomic E-state index is 11.8. The number of aromatic nitrogens is 5. The molecule has 3 aliphatic rings. The number of thioether (sulfide) groups is 1. The van der Waals surface area contributed by atoms with Crippen LogP contribution >= 0.6 is 11.8 Å². The molecule has 0 unspecified atom stereocenters. The Hall–Kier alpha value is -2.75. The van der Waals surface area contributed by atoms with Gasteiger partial charge in [0, 0.05) is 38.2 Å². The summed E-state index contributed by atoms with van der Waals surface area (Å²) in [4.78, 5) is 34.6. The fourth-order valence-electron chi connectivity index (χ4n) is 4.30. The van der Waals surface area contributed by atoms with E-state index in [2.05, 4.69) is 34.9 Å². The van der Waals surface area contributed by atoms with Gasteiger partial charge in [-0.15, -0.1) is 10.2 Å². The molecule has 2 saturated heterocycles. The molecule has 10 heteroatoms. The predicted molar refractivity (Wildman–Crippen MR) is 113 cm³/mol. The highest BCUT2D eigenvalue weighted by Crippen LogP contribution is 2.30. The highest BCUT2D eigenvalue weighted by atomic mass is 32.2. The lowest BCUT2D eigenvalue weighted by molar-refractivity contribution is -0.115. The minimum Gasteiger partial charge on any atom is -0.341 e. The van der Waals surface area contributed by atoms with Gasteiger partial charge in [0.05, 0.1) is 10.6 Å². The molecule has 0 atom stereocenters. The van der Waals surface area contributed by atoms with Crippen LogP contribution in [0.4, 0.5) is 10.7 Å². The molecule has 30 heavy (non-hydrogen) atoms. The van der Waals surface area contributed by atoms with Crippen LogP contribution in [0, 0.1) is 0 Å². The summed E-state index contributed by atoms with van der Waals surface area (Å²) in [6.45, 7) is 2.73. The maximum Gasteiger partial charge on any atom is 0.290 e. The minimum atomic E-state index is -0.376. The first-order valence-corrected chi connectivity index (χ1v) is 11.2. The molecule has 2 aromatic heterocycles. The highest BCUT2D eigenvalue weighted by molar-refractivity contribution is 8.18. The van der Waals surface area contributed by atoms with Crippen molar-refractivity contribution in [1.82, 2.24) is 30.0 Å². The first-order chi connectivity index (χ1) is 14.7. The van der Waals surface area contributed by atoms with Gasteiger partial charge in [-0.2, -0.15) is 0 Å². The minimum absolute atomic E-state index is 0.353. The van der Waals surface area contributed by atoms with Gasteiger partial charge in [0.2, 0.25) is 5.95 Å². The van der Waals surface area contributed by atoms with Gasteiger partial charge in [0.15, 0.2) is 0 Å². The zero-order chi connectivity index (χ0) is 20.5. The Bertz CT molecular complexity index is 1010. The van der Waals surface area contributed by atoms with Crippen molar-refractivity contribution in [2.75, 3.05) is 18.0 Å². The highest BCUT2D eigenvalue weighted by Gasteiger charge is 2.28. The third-order valence-corrected chi connectivity index (χ3v) is 6.68. The number of rotatable bonds is 3. The van der Waals surface area contributed by atoms with E-state index in [0.29, 0.717) is 22.5 Å². The molecule has 0 saturated carbocycles. The lowest BCUT2D eigenvalue weighted by Crippen LogP contribution is -2.35. The van der Waals surface area contributed by atoms with Crippen molar-refractivity contribution in [1.29, 1.82) is 0 Å². The first kappa shape index (κ1) is 19.2. The van der Waals surface area contributed by atoms with Crippen LogP contribution in [0.3, 0.4) is 0 Å². The van der Waals surface area contributed by atoms with Crippen molar-refractivity contribution >= 4 is 34.9 Å². The SMILES string of the molecule is O=C1NC(=O)C(=Cc2ccnc(N3CCC(c4nnc5n4CCCCC5)CC3)n2)S1. The van der Waals surface area contributed by atoms with Crippen LogP contribution in [0.25, 0.3) is 6.08 Å². The van der Waals surface area contributed by atoms with Gasteiger partial charge in [-0.3, -0.25) is 14.9 Å². The number of carbonyl (C=O) groups is 2. The first-order valence-electron chi connectivity index (χ1n) is 10.4. The average Bonchev–Trinajstić information content (AvgIpc) is 3.21. The standard InChI is InChI=1S/C20H23N7O2S/c28-18-15(30-20(29)23-18)12-14-5-8-21-19(22-14)26-10-6-13(7-11-26)17-25-24-16-4-2-1-3-9-27(16)17/h5,8,12-13H,1-4,6-7,9-11H2,(H,23,28,29). The van der Waals surface area contributed by atoms with Gasteiger partial charge in [-0.1, -0.05) is 6.42 Å². The van der Waals surface area contributed by atoms with E-state index in [-0.39, 0.29) is 11.1 Å². The summed E-state index contributed by atoms with van der Waals surface area (Å²) >= 11 is 0.894. The van der Waals surface area contributed by atoms with Crippen molar-refractivity contribution < 1.29 is 9.59 Å². The van der Waals surface area contributed by atoms with Crippen LogP contribution in [0.5, 0.6) is 0 Å². The van der Waals surface area contributed by atoms with Gasteiger partial charge in [-0.25, -0.2) is 9.97 Å². The average molecular weight is 426 g/mol. The number of fused-ring (bicyclic) bond motifs is 1. The fraction of sp³-hybridized carbons (Fsp3) is 0.500. The summed E-state index contributed by atoms with van der Waals surface area (Å²) in [5.74, 6) is 2.97. The number of carbonyl (C=O) groups excluding carboxylic acids is 2. The molecule has 2 aromatic rings. The van der Waals surface area contributed by atoms with Crippen LogP contribution in [-0.2, 0) is 17.8 Å². The van der Waals surface area contributed by atoms with Gasteiger partial charge in [0.1, 0.15) is 11.6 Å². The number of hydrogen-bond donors (Lipinski definition) is 1. The molecule has 0 aromatic carbocycles. The molecule has 2 fully saturated rings. The van der Waals surface area contributed by atoms with Gasteiger partial charge < -0.3 is 9.47 Å². The van der Waals surface area contributed by atoms with Crippen LogP contribution in [0.15, 0.2) is 17.2 Å².